The predicted octanol–water partition coefficient (Wildman–Crippen LogP) is 0.541. The molecule has 1 N–H and O–H groups in total. The number of nitrogens with zero attached hydrogens (tertiary/aromatic N) is 4. The molecule has 1 atom stereocenters. The van der Waals surface area contributed by atoms with Gasteiger partial charge in [-0.2, -0.15) is 18.0 Å². The molecule has 1 aromatic rings. The van der Waals surface area contributed by atoms with E-state index in [1.807, 2.05) is 6.92 Å². The van der Waals surface area contributed by atoms with Crippen LogP contribution in [0.25, 0.3) is 0 Å². The predicted molar refractivity (Wildman–Crippen MR) is 50.6 cm³/mol. The van der Waals surface area contributed by atoms with Crippen LogP contribution in [-0.2, 0) is 13.5 Å². The van der Waals surface area contributed by atoms with Gasteiger partial charge in [0.15, 0.2) is 5.82 Å². The minimum absolute atomic E-state index is 0.0338. The minimum Gasteiger partial charge on any atom is -0.308 e. The van der Waals surface area contributed by atoms with E-state index < -0.39 is 12.7 Å². The monoisotopic (exact) mass is 237 g/mol. The van der Waals surface area contributed by atoms with E-state index in [1.165, 1.54) is 4.80 Å². The molecule has 0 aliphatic carbocycles. The fourth-order valence-electron chi connectivity index (χ4n) is 1.25. The molecule has 92 valence electrons. The largest absolute Gasteiger partial charge is 0.401 e. The molecule has 16 heavy (non-hydrogen) atoms. The Labute approximate surface area is 91.0 Å². The SMILES string of the molecule is CC(CNCC(F)(F)F)Cc1nnn(C)n1. The maximum absolute atomic E-state index is 11.8. The van der Waals surface area contributed by atoms with Crippen LogP contribution in [0.1, 0.15) is 12.7 Å². The van der Waals surface area contributed by atoms with Gasteiger partial charge in [0, 0.05) is 6.42 Å². The highest BCUT2D eigenvalue weighted by Gasteiger charge is 2.26. The summed E-state index contributed by atoms with van der Waals surface area (Å²) in [5, 5.41) is 13.7. The van der Waals surface area contributed by atoms with Crippen LogP contribution in [0.3, 0.4) is 0 Å². The Morgan fingerprint density at radius 2 is 2.12 bits per heavy atom. The van der Waals surface area contributed by atoms with Crippen LogP contribution in [0.4, 0.5) is 13.2 Å². The van der Waals surface area contributed by atoms with E-state index >= 15 is 0 Å². The average Bonchev–Trinajstić information content (AvgIpc) is 2.48. The molecule has 0 aliphatic rings. The maximum atomic E-state index is 11.8. The number of aryl methyl sites for hydroxylation is 1. The molecule has 0 radical (unpaired) electrons. The topological polar surface area (TPSA) is 55.6 Å². The van der Waals surface area contributed by atoms with Gasteiger partial charge in [0.05, 0.1) is 13.6 Å². The molecule has 0 amide bonds. The Morgan fingerprint density at radius 1 is 1.44 bits per heavy atom. The van der Waals surface area contributed by atoms with Crippen molar-refractivity contribution in [1.29, 1.82) is 0 Å². The molecule has 0 spiro atoms. The summed E-state index contributed by atoms with van der Waals surface area (Å²) < 4.78 is 35.5. The van der Waals surface area contributed by atoms with E-state index in [0.29, 0.717) is 12.2 Å². The smallest absolute Gasteiger partial charge is 0.308 e. The van der Waals surface area contributed by atoms with Gasteiger partial charge >= 0.3 is 6.18 Å². The first kappa shape index (κ1) is 12.9. The Hall–Kier alpha value is -1.18. The minimum atomic E-state index is -4.16. The van der Waals surface area contributed by atoms with Gasteiger partial charge in [0.2, 0.25) is 0 Å². The van der Waals surface area contributed by atoms with Gasteiger partial charge in [-0.25, -0.2) is 0 Å². The molecule has 1 unspecified atom stereocenters. The highest BCUT2D eigenvalue weighted by molar-refractivity contribution is 4.80. The van der Waals surface area contributed by atoms with Gasteiger partial charge in [-0.3, -0.25) is 0 Å². The third-order valence-corrected chi connectivity index (χ3v) is 1.90. The number of halogens is 3. The molecule has 8 heteroatoms. The van der Waals surface area contributed by atoms with Crippen molar-refractivity contribution in [3.05, 3.63) is 5.82 Å². The molecule has 0 saturated carbocycles. The van der Waals surface area contributed by atoms with Crippen molar-refractivity contribution in [1.82, 2.24) is 25.5 Å². The molecule has 1 aromatic heterocycles. The standard InChI is InChI=1S/C8H14F3N5/c1-6(4-12-5-8(9,10)11)3-7-13-15-16(2)14-7/h6,12H,3-5H2,1-2H3. The zero-order valence-electron chi connectivity index (χ0n) is 9.12. The third-order valence-electron chi connectivity index (χ3n) is 1.90. The zero-order chi connectivity index (χ0) is 12.2. The highest BCUT2D eigenvalue weighted by atomic mass is 19.4. The number of aromatic nitrogens is 4. The van der Waals surface area contributed by atoms with Crippen molar-refractivity contribution in [2.45, 2.75) is 19.5 Å². The molecule has 0 bridgehead atoms. The number of hydrogen-bond donors (Lipinski definition) is 1. The lowest BCUT2D eigenvalue weighted by Gasteiger charge is -2.12. The highest BCUT2D eigenvalue weighted by Crippen LogP contribution is 2.12. The van der Waals surface area contributed by atoms with Crippen LogP contribution in [0.15, 0.2) is 0 Å². The molecule has 0 aromatic carbocycles. The van der Waals surface area contributed by atoms with Gasteiger partial charge in [-0.05, 0) is 17.7 Å². The van der Waals surface area contributed by atoms with E-state index in [1.54, 1.807) is 7.05 Å². The van der Waals surface area contributed by atoms with Crippen molar-refractivity contribution < 1.29 is 13.2 Å². The van der Waals surface area contributed by atoms with E-state index in [-0.39, 0.29) is 12.5 Å². The Kier molecular flexibility index (Phi) is 4.22. The summed E-state index contributed by atoms with van der Waals surface area (Å²) in [4.78, 5) is 1.32. The molecule has 0 fully saturated rings. The van der Waals surface area contributed by atoms with Gasteiger partial charge in [0.25, 0.3) is 0 Å². The maximum Gasteiger partial charge on any atom is 0.401 e. The summed E-state index contributed by atoms with van der Waals surface area (Å²) in [6.45, 7) is 1.14. The number of hydrogen-bond acceptors (Lipinski definition) is 4. The Balaban J connectivity index is 2.23. The molecular weight excluding hydrogens is 223 g/mol. The lowest BCUT2D eigenvalue weighted by molar-refractivity contribution is -0.125. The summed E-state index contributed by atoms with van der Waals surface area (Å²) in [5.41, 5.74) is 0. The van der Waals surface area contributed by atoms with E-state index in [4.69, 9.17) is 0 Å². The van der Waals surface area contributed by atoms with Crippen LogP contribution in [0.2, 0.25) is 0 Å². The first-order valence-electron chi connectivity index (χ1n) is 4.87. The van der Waals surface area contributed by atoms with Crippen molar-refractivity contribution in [3.63, 3.8) is 0 Å². The fraction of sp³-hybridized carbons (Fsp3) is 0.875. The van der Waals surface area contributed by atoms with Crippen LogP contribution in [0.5, 0.6) is 0 Å². The van der Waals surface area contributed by atoms with Gasteiger partial charge in [-0.15, -0.1) is 10.2 Å². The van der Waals surface area contributed by atoms with Gasteiger partial charge in [0.1, 0.15) is 0 Å². The second-order valence-electron chi connectivity index (χ2n) is 3.75. The van der Waals surface area contributed by atoms with Gasteiger partial charge in [-0.1, -0.05) is 6.92 Å². The molecule has 0 saturated heterocycles. The van der Waals surface area contributed by atoms with Crippen molar-refractivity contribution in [3.8, 4) is 0 Å². The Bertz CT molecular complexity index is 322. The molecule has 1 heterocycles. The number of rotatable bonds is 5. The summed E-state index contributed by atoms with van der Waals surface area (Å²) >= 11 is 0. The number of alkyl halides is 3. The Morgan fingerprint density at radius 3 is 2.62 bits per heavy atom. The first-order chi connectivity index (χ1) is 7.37. The van der Waals surface area contributed by atoms with Gasteiger partial charge < -0.3 is 5.32 Å². The summed E-state index contributed by atoms with van der Waals surface area (Å²) in [7, 11) is 1.64. The van der Waals surface area contributed by atoms with E-state index in [2.05, 4.69) is 20.7 Å². The van der Waals surface area contributed by atoms with Crippen LogP contribution >= 0.6 is 0 Å². The summed E-state index contributed by atoms with van der Waals surface area (Å²) in [6, 6.07) is 0. The van der Waals surface area contributed by atoms with Crippen molar-refractivity contribution >= 4 is 0 Å². The number of tetrazole rings is 1. The lowest BCUT2D eigenvalue weighted by Crippen LogP contribution is -2.32. The second kappa shape index (κ2) is 5.24. The second-order valence-corrected chi connectivity index (χ2v) is 3.75. The zero-order valence-corrected chi connectivity index (χ0v) is 9.12. The third kappa shape index (κ3) is 5.06. The normalized spacial score (nSPS) is 14.1. The molecule has 5 nitrogen and oxygen atoms in total. The molecule has 1 rings (SSSR count). The first-order valence-corrected chi connectivity index (χ1v) is 4.87. The van der Waals surface area contributed by atoms with Crippen molar-refractivity contribution in [2.24, 2.45) is 13.0 Å². The summed E-state index contributed by atoms with van der Waals surface area (Å²) in [6.07, 6.45) is -3.65. The summed E-state index contributed by atoms with van der Waals surface area (Å²) in [5.74, 6) is 0.579. The lowest BCUT2D eigenvalue weighted by atomic mass is 10.1. The van der Waals surface area contributed by atoms with Crippen molar-refractivity contribution in [2.75, 3.05) is 13.1 Å². The van der Waals surface area contributed by atoms with Crippen LogP contribution in [-0.4, -0.2) is 39.5 Å². The fourth-order valence-corrected chi connectivity index (χ4v) is 1.25. The van der Waals surface area contributed by atoms with E-state index in [0.717, 1.165) is 0 Å². The van der Waals surface area contributed by atoms with Crippen LogP contribution in [0, 0.1) is 5.92 Å². The average molecular weight is 237 g/mol. The molecule has 0 aliphatic heterocycles. The quantitative estimate of drug-likeness (QED) is 0.812. The van der Waals surface area contributed by atoms with E-state index in [9.17, 15) is 13.2 Å². The van der Waals surface area contributed by atoms with Crippen LogP contribution < -0.4 is 5.32 Å². The molecular formula is C8H14F3N5. The number of nitrogens with one attached hydrogen (secondary N) is 1.